The van der Waals surface area contributed by atoms with Crippen molar-refractivity contribution < 1.29 is 27.5 Å². The third-order valence-corrected chi connectivity index (χ3v) is 7.20. The van der Waals surface area contributed by atoms with E-state index >= 15 is 0 Å². The fourth-order valence-corrected chi connectivity index (χ4v) is 5.47. The van der Waals surface area contributed by atoms with Crippen molar-refractivity contribution in [3.63, 3.8) is 0 Å². The van der Waals surface area contributed by atoms with Gasteiger partial charge in [0.05, 0.1) is 12.6 Å². The molecule has 2 amide bonds. The summed E-state index contributed by atoms with van der Waals surface area (Å²) in [5.74, 6) is -0.283. The number of hydrogen-bond acceptors (Lipinski definition) is 6. The number of ether oxygens (including phenoxy) is 2. The Kier molecular flexibility index (Phi) is 9.36. The van der Waals surface area contributed by atoms with Gasteiger partial charge in [0.15, 0.2) is 0 Å². The summed E-state index contributed by atoms with van der Waals surface area (Å²) < 4.78 is 38.7. The van der Waals surface area contributed by atoms with E-state index in [9.17, 15) is 18.0 Å². The molecule has 0 heterocycles. The van der Waals surface area contributed by atoms with Crippen LogP contribution in [-0.2, 0) is 14.8 Å². The van der Waals surface area contributed by atoms with Crippen molar-refractivity contribution in [3.05, 3.63) is 23.8 Å². The molecule has 0 radical (unpaired) electrons. The summed E-state index contributed by atoms with van der Waals surface area (Å²) in [4.78, 5) is 25.5. The van der Waals surface area contributed by atoms with E-state index < -0.39 is 33.2 Å². The zero-order chi connectivity index (χ0) is 25.6. The van der Waals surface area contributed by atoms with Gasteiger partial charge in [-0.2, -0.15) is 0 Å². The average molecular weight is 498 g/mol. The quantitative estimate of drug-likeness (QED) is 0.470. The number of rotatable bonds is 8. The monoisotopic (exact) mass is 497 g/mol. The van der Waals surface area contributed by atoms with Gasteiger partial charge >= 0.3 is 6.09 Å². The van der Waals surface area contributed by atoms with Gasteiger partial charge in [-0.15, -0.1) is 0 Å². The lowest BCUT2D eigenvalue weighted by atomic mass is 9.90. The van der Waals surface area contributed by atoms with E-state index in [0.29, 0.717) is 12.8 Å². The number of nitrogens with one attached hydrogen (secondary N) is 3. The van der Waals surface area contributed by atoms with E-state index in [0.717, 1.165) is 25.7 Å². The standard InChI is InChI=1S/C24H39N3O6S/c1-17(2)27-34(30,31)20-15-18(11-12-19(20)32-6)21(28)25-16-24(13-9-7-8-10-14-24)26-22(29)33-23(3,4)5/h11-12,15,17,27H,7-10,13-14,16H2,1-6H3,(H,25,28)(H,26,29). The zero-order valence-corrected chi connectivity index (χ0v) is 21.9. The Morgan fingerprint density at radius 1 is 1.09 bits per heavy atom. The lowest BCUT2D eigenvalue weighted by Crippen LogP contribution is -2.56. The summed E-state index contributed by atoms with van der Waals surface area (Å²) in [6, 6.07) is 3.97. The van der Waals surface area contributed by atoms with Gasteiger partial charge in [-0.05, 0) is 65.7 Å². The number of benzene rings is 1. The largest absolute Gasteiger partial charge is 0.495 e. The van der Waals surface area contributed by atoms with Gasteiger partial charge in [-0.25, -0.2) is 17.9 Å². The minimum absolute atomic E-state index is 0.104. The summed E-state index contributed by atoms with van der Waals surface area (Å²) in [6.45, 7) is 9.05. The summed E-state index contributed by atoms with van der Waals surface area (Å²) >= 11 is 0. The highest BCUT2D eigenvalue weighted by atomic mass is 32.2. The molecule has 192 valence electrons. The number of sulfonamides is 1. The molecule has 1 saturated carbocycles. The Morgan fingerprint density at radius 3 is 2.24 bits per heavy atom. The fraction of sp³-hybridized carbons (Fsp3) is 0.667. The summed E-state index contributed by atoms with van der Waals surface area (Å²) in [5, 5.41) is 5.91. The Balaban J connectivity index is 2.23. The minimum Gasteiger partial charge on any atom is -0.495 e. The molecule has 1 aromatic rings. The molecule has 0 aromatic heterocycles. The van der Waals surface area contributed by atoms with E-state index in [-0.39, 0.29) is 28.8 Å². The van der Waals surface area contributed by atoms with Crippen molar-refractivity contribution in [2.24, 2.45) is 0 Å². The number of hydrogen-bond donors (Lipinski definition) is 3. The lowest BCUT2D eigenvalue weighted by molar-refractivity contribution is 0.0437. The van der Waals surface area contributed by atoms with Gasteiger partial charge in [-0.1, -0.05) is 25.7 Å². The molecule has 1 aliphatic rings. The first-order valence-electron chi connectivity index (χ1n) is 11.8. The van der Waals surface area contributed by atoms with Crippen molar-refractivity contribution in [1.29, 1.82) is 0 Å². The van der Waals surface area contributed by atoms with Crippen molar-refractivity contribution >= 4 is 22.0 Å². The first-order chi connectivity index (χ1) is 15.8. The second kappa shape index (κ2) is 11.4. The predicted octanol–water partition coefficient (Wildman–Crippen LogP) is 3.73. The zero-order valence-electron chi connectivity index (χ0n) is 21.1. The van der Waals surface area contributed by atoms with Gasteiger partial charge < -0.3 is 20.1 Å². The number of alkyl carbamates (subject to hydrolysis) is 1. The molecule has 34 heavy (non-hydrogen) atoms. The van der Waals surface area contributed by atoms with Crippen LogP contribution in [0.3, 0.4) is 0 Å². The molecule has 10 heteroatoms. The Bertz CT molecular complexity index is 961. The van der Waals surface area contributed by atoms with Crippen molar-refractivity contribution in [2.45, 2.75) is 95.2 Å². The third kappa shape index (κ3) is 8.16. The molecule has 9 nitrogen and oxygen atoms in total. The normalized spacial score (nSPS) is 16.4. The smallest absolute Gasteiger partial charge is 0.408 e. The highest BCUT2D eigenvalue weighted by Crippen LogP contribution is 2.28. The molecule has 1 fully saturated rings. The van der Waals surface area contributed by atoms with E-state index in [1.165, 1.54) is 25.3 Å². The van der Waals surface area contributed by atoms with Crippen LogP contribution < -0.4 is 20.1 Å². The lowest BCUT2D eigenvalue weighted by Gasteiger charge is -2.35. The van der Waals surface area contributed by atoms with Crippen LogP contribution in [0.4, 0.5) is 4.79 Å². The second-order valence-corrected chi connectivity index (χ2v) is 11.8. The number of carbonyl (C=O) groups excluding carboxylic acids is 2. The first kappa shape index (κ1) is 27.9. The molecular weight excluding hydrogens is 458 g/mol. The molecule has 0 unspecified atom stereocenters. The summed E-state index contributed by atoms with van der Waals surface area (Å²) in [6.07, 6.45) is 4.90. The Morgan fingerprint density at radius 2 is 1.71 bits per heavy atom. The Labute approximate surface area is 203 Å². The Hall–Kier alpha value is -2.33. The van der Waals surface area contributed by atoms with Crippen LogP contribution in [0.2, 0.25) is 0 Å². The molecule has 2 rings (SSSR count). The molecule has 3 N–H and O–H groups in total. The number of amides is 2. The maximum absolute atomic E-state index is 13.0. The van der Waals surface area contributed by atoms with Gasteiger partial charge in [0, 0.05) is 18.2 Å². The topological polar surface area (TPSA) is 123 Å². The molecule has 0 atom stereocenters. The van der Waals surface area contributed by atoms with Gasteiger partial charge in [-0.3, -0.25) is 4.79 Å². The summed E-state index contributed by atoms with van der Waals surface area (Å²) in [5.41, 5.74) is -1.07. The van der Waals surface area contributed by atoms with Crippen LogP contribution in [0.25, 0.3) is 0 Å². The van der Waals surface area contributed by atoms with Gasteiger partial charge in [0.25, 0.3) is 5.91 Å². The third-order valence-electron chi connectivity index (χ3n) is 5.52. The highest BCUT2D eigenvalue weighted by Gasteiger charge is 2.35. The molecule has 0 bridgehead atoms. The number of carbonyl (C=O) groups is 2. The molecule has 1 aliphatic carbocycles. The maximum Gasteiger partial charge on any atom is 0.408 e. The van der Waals surface area contributed by atoms with E-state index in [1.54, 1.807) is 34.6 Å². The summed E-state index contributed by atoms with van der Waals surface area (Å²) in [7, 11) is -2.50. The van der Waals surface area contributed by atoms with E-state index in [1.807, 2.05) is 0 Å². The van der Waals surface area contributed by atoms with Crippen LogP contribution in [0.15, 0.2) is 23.1 Å². The number of methoxy groups -OCH3 is 1. The van der Waals surface area contributed by atoms with Crippen molar-refractivity contribution in [3.8, 4) is 5.75 Å². The fourth-order valence-electron chi connectivity index (χ4n) is 4.02. The first-order valence-corrected chi connectivity index (χ1v) is 13.2. The molecule has 1 aromatic carbocycles. The predicted molar refractivity (Wildman–Crippen MR) is 131 cm³/mol. The van der Waals surface area contributed by atoms with E-state index in [2.05, 4.69) is 15.4 Å². The van der Waals surface area contributed by atoms with Crippen LogP contribution in [-0.4, -0.2) is 51.3 Å². The minimum atomic E-state index is -3.87. The average Bonchev–Trinajstić information content (AvgIpc) is 2.95. The highest BCUT2D eigenvalue weighted by molar-refractivity contribution is 7.89. The van der Waals surface area contributed by atoms with Gasteiger partial charge in [0.1, 0.15) is 16.2 Å². The van der Waals surface area contributed by atoms with Crippen LogP contribution in [0.1, 0.15) is 83.5 Å². The molecule has 0 spiro atoms. The second-order valence-electron chi connectivity index (χ2n) is 10.1. The van der Waals surface area contributed by atoms with Crippen LogP contribution in [0.5, 0.6) is 5.75 Å². The van der Waals surface area contributed by atoms with Crippen LogP contribution in [0, 0.1) is 0 Å². The molecular formula is C24H39N3O6S. The molecule has 0 saturated heterocycles. The van der Waals surface area contributed by atoms with Crippen molar-refractivity contribution in [1.82, 2.24) is 15.4 Å². The van der Waals surface area contributed by atoms with E-state index in [4.69, 9.17) is 9.47 Å². The van der Waals surface area contributed by atoms with Crippen molar-refractivity contribution in [2.75, 3.05) is 13.7 Å². The van der Waals surface area contributed by atoms with Gasteiger partial charge in [0.2, 0.25) is 10.0 Å². The molecule has 0 aliphatic heterocycles. The SMILES string of the molecule is COc1ccc(C(=O)NCC2(NC(=O)OC(C)(C)C)CCCCCC2)cc1S(=O)(=O)NC(C)C. The maximum atomic E-state index is 13.0. The van der Waals surface area contributed by atoms with Crippen LogP contribution >= 0.6 is 0 Å².